The van der Waals surface area contributed by atoms with Gasteiger partial charge in [-0.3, -0.25) is 10.1 Å². The molecule has 34 heavy (non-hydrogen) atoms. The number of carboxylic acid groups (broad SMARTS) is 1. The van der Waals surface area contributed by atoms with Crippen molar-refractivity contribution in [1.29, 1.82) is 0 Å². The summed E-state index contributed by atoms with van der Waals surface area (Å²) in [4.78, 5) is 34.7. The number of amides is 1. The molecule has 0 bridgehead atoms. The standard InChI is InChI=1S/C25H22N2O6S/c28-24(29)22(15-34-14-16-7-1-6-12-23(16)27(31)32)26-25(30)33-13-21-19-10-4-2-8-17(19)18-9-3-5-11-20(18)21/h1-12,21-22H,13-15H2,(H,26,30)(H,28,29)/t22-/m0/s1. The molecule has 0 aromatic heterocycles. The van der Waals surface area contributed by atoms with Gasteiger partial charge in [-0.25, -0.2) is 9.59 Å². The SMILES string of the molecule is O=C(N[C@@H](CSCc1ccccc1[N+](=O)[O-])C(=O)O)OCC1c2ccccc2-c2ccccc21. The molecule has 1 atom stereocenters. The van der Waals surface area contributed by atoms with E-state index in [0.29, 0.717) is 5.56 Å². The number of nitrogens with zero attached hydrogens (tertiary/aromatic N) is 1. The molecule has 0 saturated carbocycles. The third-order valence-electron chi connectivity index (χ3n) is 5.66. The molecule has 0 radical (unpaired) electrons. The number of nitrogens with one attached hydrogen (secondary N) is 1. The summed E-state index contributed by atoms with van der Waals surface area (Å²) in [6.07, 6.45) is -0.819. The highest BCUT2D eigenvalue weighted by Gasteiger charge is 2.29. The number of rotatable bonds is 9. The van der Waals surface area contributed by atoms with E-state index < -0.39 is 23.0 Å². The van der Waals surface area contributed by atoms with Crippen LogP contribution < -0.4 is 5.32 Å². The van der Waals surface area contributed by atoms with Gasteiger partial charge in [-0.05, 0) is 22.3 Å². The van der Waals surface area contributed by atoms with Crippen molar-refractivity contribution in [2.45, 2.75) is 17.7 Å². The number of fused-ring (bicyclic) bond motifs is 3. The van der Waals surface area contributed by atoms with Gasteiger partial charge in [0.25, 0.3) is 5.69 Å². The first-order valence-electron chi connectivity index (χ1n) is 10.6. The molecular weight excluding hydrogens is 456 g/mol. The second-order valence-corrected chi connectivity index (χ2v) is 8.79. The molecule has 0 saturated heterocycles. The van der Waals surface area contributed by atoms with E-state index in [2.05, 4.69) is 5.32 Å². The zero-order valence-corrected chi connectivity index (χ0v) is 18.9. The van der Waals surface area contributed by atoms with Gasteiger partial charge >= 0.3 is 12.1 Å². The Morgan fingerprint density at radius 2 is 1.59 bits per heavy atom. The van der Waals surface area contributed by atoms with Gasteiger partial charge in [0.2, 0.25) is 0 Å². The van der Waals surface area contributed by atoms with Gasteiger partial charge in [0, 0.05) is 29.1 Å². The fourth-order valence-corrected chi connectivity index (χ4v) is 5.10. The Labute approximate surface area is 200 Å². The molecule has 0 unspecified atom stereocenters. The molecule has 9 heteroatoms. The quantitative estimate of drug-likeness (QED) is 0.334. The van der Waals surface area contributed by atoms with Gasteiger partial charge in [-0.2, -0.15) is 11.8 Å². The molecule has 1 amide bonds. The first kappa shape index (κ1) is 23.3. The summed E-state index contributed by atoms with van der Waals surface area (Å²) in [5.74, 6) is -1.06. The molecule has 0 spiro atoms. The number of benzene rings is 3. The first-order chi connectivity index (χ1) is 16.5. The molecule has 0 heterocycles. The topological polar surface area (TPSA) is 119 Å². The summed E-state index contributed by atoms with van der Waals surface area (Å²) in [5, 5.41) is 23.0. The fraction of sp³-hybridized carbons (Fsp3) is 0.200. The van der Waals surface area contributed by atoms with Crippen LogP contribution in [0.15, 0.2) is 72.8 Å². The number of carbonyl (C=O) groups excluding carboxylic acids is 1. The van der Waals surface area contributed by atoms with E-state index in [1.54, 1.807) is 18.2 Å². The van der Waals surface area contributed by atoms with Crippen molar-refractivity contribution in [3.05, 3.63) is 99.6 Å². The predicted molar refractivity (Wildman–Crippen MR) is 129 cm³/mol. The molecule has 8 nitrogen and oxygen atoms in total. The minimum absolute atomic E-state index is 0.0219. The molecule has 1 aliphatic rings. The van der Waals surface area contributed by atoms with Crippen LogP contribution in [0.1, 0.15) is 22.6 Å². The number of carbonyl (C=O) groups is 2. The summed E-state index contributed by atoms with van der Waals surface area (Å²) in [6.45, 7) is 0.0789. The Morgan fingerprint density at radius 1 is 1.00 bits per heavy atom. The number of nitro benzene ring substituents is 1. The summed E-state index contributed by atoms with van der Waals surface area (Å²) < 4.78 is 5.42. The van der Waals surface area contributed by atoms with Gasteiger partial charge in [0.15, 0.2) is 0 Å². The fourth-order valence-electron chi connectivity index (χ4n) is 4.05. The van der Waals surface area contributed by atoms with E-state index in [-0.39, 0.29) is 29.7 Å². The Bertz CT molecular complexity index is 1190. The number of alkyl carbamates (subject to hydrolysis) is 1. The van der Waals surface area contributed by atoms with E-state index in [1.807, 2.05) is 48.5 Å². The summed E-state index contributed by atoms with van der Waals surface area (Å²) in [5.41, 5.74) is 4.79. The van der Waals surface area contributed by atoms with Crippen LogP contribution in [0, 0.1) is 10.1 Å². The largest absolute Gasteiger partial charge is 0.480 e. The molecule has 3 aromatic rings. The minimum atomic E-state index is -1.21. The van der Waals surface area contributed by atoms with Crippen LogP contribution in [0.5, 0.6) is 0 Å². The maximum atomic E-state index is 12.4. The smallest absolute Gasteiger partial charge is 0.407 e. The lowest BCUT2D eigenvalue weighted by molar-refractivity contribution is -0.385. The number of nitro groups is 1. The molecule has 2 N–H and O–H groups in total. The highest BCUT2D eigenvalue weighted by atomic mass is 32.2. The maximum Gasteiger partial charge on any atom is 0.407 e. The van der Waals surface area contributed by atoms with Crippen LogP contribution in [-0.2, 0) is 15.3 Å². The van der Waals surface area contributed by atoms with Crippen LogP contribution >= 0.6 is 11.8 Å². The number of ether oxygens (including phenoxy) is 1. The van der Waals surface area contributed by atoms with Crippen LogP contribution in [0.2, 0.25) is 0 Å². The number of carboxylic acids is 1. The van der Waals surface area contributed by atoms with E-state index in [0.717, 1.165) is 22.3 Å². The van der Waals surface area contributed by atoms with Crippen LogP contribution in [0.3, 0.4) is 0 Å². The third-order valence-corrected chi connectivity index (χ3v) is 6.75. The number of thioether (sulfide) groups is 1. The normalized spacial score (nSPS) is 12.9. The second-order valence-electron chi connectivity index (χ2n) is 7.76. The van der Waals surface area contributed by atoms with E-state index in [1.165, 1.54) is 17.8 Å². The molecule has 174 valence electrons. The van der Waals surface area contributed by atoms with Crippen molar-refractivity contribution in [1.82, 2.24) is 5.32 Å². The average Bonchev–Trinajstić information content (AvgIpc) is 3.16. The van der Waals surface area contributed by atoms with Crippen LogP contribution in [0.4, 0.5) is 10.5 Å². The monoisotopic (exact) mass is 478 g/mol. The van der Waals surface area contributed by atoms with E-state index >= 15 is 0 Å². The molecule has 4 rings (SSSR count). The van der Waals surface area contributed by atoms with Gasteiger partial charge in [-0.15, -0.1) is 0 Å². The second kappa shape index (κ2) is 10.4. The Morgan fingerprint density at radius 3 is 2.21 bits per heavy atom. The zero-order valence-electron chi connectivity index (χ0n) is 18.0. The van der Waals surface area contributed by atoms with Crippen molar-refractivity contribution in [3.63, 3.8) is 0 Å². The highest BCUT2D eigenvalue weighted by molar-refractivity contribution is 7.98. The summed E-state index contributed by atoms with van der Waals surface area (Å²) >= 11 is 1.19. The Balaban J connectivity index is 1.34. The third kappa shape index (κ3) is 5.04. The van der Waals surface area contributed by atoms with Gasteiger partial charge in [0.05, 0.1) is 4.92 Å². The highest BCUT2D eigenvalue weighted by Crippen LogP contribution is 2.44. The number of para-hydroxylation sites is 1. The number of hydrogen-bond donors (Lipinski definition) is 2. The lowest BCUT2D eigenvalue weighted by Gasteiger charge is -2.17. The molecule has 3 aromatic carbocycles. The Kier molecular flexibility index (Phi) is 7.12. The molecular formula is C25H22N2O6S. The van der Waals surface area contributed by atoms with Gasteiger partial charge < -0.3 is 15.2 Å². The maximum absolute atomic E-state index is 12.4. The van der Waals surface area contributed by atoms with Gasteiger partial charge in [-0.1, -0.05) is 66.7 Å². The summed E-state index contributed by atoms with van der Waals surface area (Å²) in [7, 11) is 0. The van der Waals surface area contributed by atoms with E-state index in [4.69, 9.17) is 4.74 Å². The van der Waals surface area contributed by atoms with Gasteiger partial charge in [0.1, 0.15) is 12.6 Å². The average molecular weight is 479 g/mol. The van der Waals surface area contributed by atoms with Crippen molar-refractivity contribution in [2.75, 3.05) is 12.4 Å². The van der Waals surface area contributed by atoms with Crippen LogP contribution in [0.25, 0.3) is 11.1 Å². The molecule has 0 aliphatic heterocycles. The molecule has 1 aliphatic carbocycles. The summed E-state index contributed by atoms with van der Waals surface area (Å²) in [6, 6.07) is 21.0. The van der Waals surface area contributed by atoms with Crippen molar-refractivity contribution < 1.29 is 24.4 Å². The predicted octanol–water partition coefficient (Wildman–Crippen LogP) is 4.82. The van der Waals surface area contributed by atoms with Crippen molar-refractivity contribution >= 4 is 29.5 Å². The zero-order chi connectivity index (χ0) is 24.1. The van der Waals surface area contributed by atoms with Crippen molar-refractivity contribution in [2.24, 2.45) is 0 Å². The van der Waals surface area contributed by atoms with Crippen LogP contribution in [-0.4, -0.2) is 40.5 Å². The number of hydrogen-bond acceptors (Lipinski definition) is 6. The minimum Gasteiger partial charge on any atom is -0.480 e. The number of aliphatic carboxylic acids is 1. The molecule has 0 fully saturated rings. The lowest BCUT2D eigenvalue weighted by Crippen LogP contribution is -2.43. The van der Waals surface area contributed by atoms with E-state index in [9.17, 15) is 24.8 Å². The first-order valence-corrected chi connectivity index (χ1v) is 11.8. The van der Waals surface area contributed by atoms with Crippen molar-refractivity contribution in [3.8, 4) is 11.1 Å². The lowest BCUT2D eigenvalue weighted by atomic mass is 9.98. The Hall–Kier alpha value is -3.85.